The van der Waals surface area contributed by atoms with Gasteiger partial charge in [-0.3, -0.25) is 9.59 Å². The fraction of sp³-hybridized carbons (Fsp3) is 0.286. The molecule has 116 valence electrons. The molecule has 2 rings (SSSR count). The molecule has 0 aliphatic carbocycles. The van der Waals surface area contributed by atoms with Crippen LogP contribution < -0.4 is 5.32 Å². The molecule has 0 saturated heterocycles. The molecule has 0 fully saturated rings. The highest BCUT2D eigenvalue weighted by atomic mass is 19.1. The van der Waals surface area contributed by atoms with Crippen molar-refractivity contribution in [3.05, 3.63) is 47.5 Å². The summed E-state index contributed by atoms with van der Waals surface area (Å²) in [6.45, 7) is 1.78. The first-order valence-corrected chi connectivity index (χ1v) is 6.61. The van der Waals surface area contributed by atoms with Crippen molar-refractivity contribution in [3.63, 3.8) is 0 Å². The Bertz CT molecular complexity index is 686. The Hall–Kier alpha value is -2.77. The third-order valence-corrected chi connectivity index (χ3v) is 3.00. The average molecular weight is 306 g/mol. The molecule has 1 aromatic heterocycles. The van der Waals surface area contributed by atoms with Crippen molar-refractivity contribution in [1.82, 2.24) is 20.3 Å². The zero-order chi connectivity index (χ0) is 16.1. The van der Waals surface area contributed by atoms with Gasteiger partial charge >= 0.3 is 5.97 Å². The maximum absolute atomic E-state index is 13.1. The summed E-state index contributed by atoms with van der Waals surface area (Å²) >= 11 is 0. The summed E-state index contributed by atoms with van der Waals surface area (Å²) in [5.41, 5.74) is 0.769. The van der Waals surface area contributed by atoms with E-state index in [1.165, 1.54) is 29.9 Å². The SMILES string of the molecule is CC(CNC(=O)c1cn(Cc2cccc(F)c2)nn1)C(=O)O. The molecule has 1 amide bonds. The Morgan fingerprint density at radius 1 is 1.45 bits per heavy atom. The van der Waals surface area contributed by atoms with Gasteiger partial charge < -0.3 is 10.4 Å². The summed E-state index contributed by atoms with van der Waals surface area (Å²) in [7, 11) is 0. The summed E-state index contributed by atoms with van der Waals surface area (Å²) in [6.07, 6.45) is 1.42. The van der Waals surface area contributed by atoms with Crippen LogP contribution in [0.15, 0.2) is 30.5 Å². The predicted molar refractivity (Wildman–Crippen MR) is 74.7 cm³/mol. The average Bonchev–Trinajstić information content (AvgIpc) is 2.92. The lowest BCUT2D eigenvalue weighted by atomic mass is 10.2. The highest BCUT2D eigenvalue weighted by molar-refractivity contribution is 5.92. The van der Waals surface area contributed by atoms with Crippen LogP contribution in [0.2, 0.25) is 0 Å². The molecule has 0 saturated carbocycles. The number of halogens is 1. The zero-order valence-electron chi connectivity index (χ0n) is 11.9. The number of amides is 1. The zero-order valence-corrected chi connectivity index (χ0v) is 11.9. The van der Waals surface area contributed by atoms with Crippen LogP contribution in [0.1, 0.15) is 23.0 Å². The van der Waals surface area contributed by atoms with Crippen LogP contribution in [0.4, 0.5) is 4.39 Å². The highest BCUT2D eigenvalue weighted by Gasteiger charge is 2.15. The molecule has 1 aromatic carbocycles. The Kier molecular flexibility index (Phi) is 4.82. The van der Waals surface area contributed by atoms with Crippen molar-refractivity contribution in [1.29, 1.82) is 0 Å². The minimum atomic E-state index is -0.991. The molecule has 0 aliphatic heterocycles. The number of aromatic nitrogens is 3. The fourth-order valence-electron chi connectivity index (χ4n) is 1.73. The molecule has 0 radical (unpaired) electrons. The van der Waals surface area contributed by atoms with Gasteiger partial charge in [0.05, 0.1) is 18.7 Å². The van der Waals surface area contributed by atoms with E-state index in [0.29, 0.717) is 5.56 Å². The summed E-state index contributed by atoms with van der Waals surface area (Å²) in [4.78, 5) is 22.5. The van der Waals surface area contributed by atoms with Crippen LogP contribution in [-0.4, -0.2) is 38.5 Å². The molecule has 7 nitrogen and oxygen atoms in total. The van der Waals surface area contributed by atoms with Crippen molar-refractivity contribution >= 4 is 11.9 Å². The number of aliphatic carboxylic acids is 1. The predicted octanol–water partition coefficient (Wildman–Crippen LogP) is 0.916. The molecule has 22 heavy (non-hydrogen) atoms. The number of hydrogen-bond acceptors (Lipinski definition) is 4. The maximum atomic E-state index is 13.1. The van der Waals surface area contributed by atoms with Crippen molar-refractivity contribution in [2.45, 2.75) is 13.5 Å². The van der Waals surface area contributed by atoms with E-state index in [9.17, 15) is 14.0 Å². The van der Waals surface area contributed by atoms with Gasteiger partial charge in [-0.25, -0.2) is 9.07 Å². The summed E-state index contributed by atoms with van der Waals surface area (Å²) in [6, 6.07) is 6.03. The molecule has 1 atom stereocenters. The minimum Gasteiger partial charge on any atom is -0.481 e. The summed E-state index contributed by atoms with van der Waals surface area (Å²) < 4.78 is 14.5. The first-order valence-electron chi connectivity index (χ1n) is 6.61. The number of rotatable bonds is 6. The van der Waals surface area contributed by atoms with Crippen LogP contribution in [0.25, 0.3) is 0 Å². The first kappa shape index (κ1) is 15.6. The smallest absolute Gasteiger partial charge is 0.308 e. The van der Waals surface area contributed by atoms with E-state index >= 15 is 0 Å². The van der Waals surface area contributed by atoms with Gasteiger partial charge in [0.15, 0.2) is 5.69 Å². The lowest BCUT2D eigenvalue weighted by molar-refractivity contribution is -0.140. The Morgan fingerprint density at radius 3 is 2.91 bits per heavy atom. The maximum Gasteiger partial charge on any atom is 0.308 e. The monoisotopic (exact) mass is 306 g/mol. The summed E-state index contributed by atoms with van der Waals surface area (Å²) in [5, 5.41) is 18.7. The van der Waals surface area contributed by atoms with Crippen LogP contribution in [0.5, 0.6) is 0 Å². The van der Waals surface area contributed by atoms with Gasteiger partial charge in [-0.2, -0.15) is 0 Å². The van der Waals surface area contributed by atoms with Gasteiger partial charge in [0.25, 0.3) is 5.91 Å². The first-order chi connectivity index (χ1) is 10.5. The third kappa shape index (κ3) is 4.11. The van der Waals surface area contributed by atoms with Gasteiger partial charge in [0.1, 0.15) is 5.82 Å². The standard InChI is InChI=1S/C14H15FN4O3/c1-9(14(21)22)6-16-13(20)12-8-19(18-17-12)7-10-3-2-4-11(15)5-10/h2-5,8-9H,6-7H2,1H3,(H,16,20)(H,21,22). The van der Waals surface area contributed by atoms with E-state index in [2.05, 4.69) is 15.6 Å². The lowest BCUT2D eigenvalue weighted by Gasteiger charge is -2.06. The molecule has 1 unspecified atom stereocenters. The molecule has 0 spiro atoms. The third-order valence-electron chi connectivity index (χ3n) is 3.00. The quantitative estimate of drug-likeness (QED) is 0.827. The van der Waals surface area contributed by atoms with Gasteiger partial charge in [-0.15, -0.1) is 5.10 Å². The van der Waals surface area contributed by atoms with E-state index in [1.807, 2.05) is 0 Å². The number of hydrogen-bond donors (Lipinski definition) is 2. The number of carboxylic acid groups (broad SMARTS) is 1. The Morgan fingerprint density at radius 2 is 2.23 bits per heavy atom. The van der Waals surface area contributed by atoms with Crippen molar-refractivity contribution in [2.24, 2.45) is 5.92 Å². The number of benzene rings is 1. The number of carbonyl (C=O) groups excluding carboxylic acids is 1. The van der Waals surface area contributed by atoms with E-state index in [1.54, 1.807) is 12.1 Å². The Labute approximate surface area is 125 Å². The lowest BCUT2D eigenvalue weighted by Crippen LogP contribution is -2.31. The van der Waals surface area contributed by atoms with Crippen LogP contribution in [0.3, 0.4) is 0 Å². The number of nitrogens with one attached hydrogen (secondary N) is 1. The largest absolute Gasteiger partial charge is 0.481 e. The molecule has 2 N–H and O–H groups in total. The molecule has 8 heteroatoms. The number of carboxylic acids is 1. The Balaban J connectivity index is 1.96. The van der Waals surface area contributed by atoms with Crippen LogP contribution in [0, 0.1) is 11.7 Å². The molecule has 0 bridgehead atoms. The minimum absolute atomic E-state index is 0.00488. The molecule has 0 aliphatic rings. The van der Waals surface area contributed by atoms with Crippen LogP contribution in [-0.2, 0) is 11.3 Å². The second-order valence-corrected chi connectivity index (χ2v) is 4.88. The second kappa shape index (κ2) is 6.79. The van der Waals surface area contributed by atoms with Gasteiger partial charge in [0, 0.05) is 6.54 Å². The fourth-order valence-corrected chi connectivity index (χ4v) is 1.73. The molecular weight excluding hydrogens is 291 g/mol. The highest BCUT2D eigenvalue weighted by Crippen LogP contribution is 2.05. The van der Waals surface area contributed by atoms with Crippen molar-refractivity contribution < 1.29 is 19.1 Å². The van der Waals surface area contributed by atoms with E-state index in [4.69, 9.17) is 5.11 Å². The number of nitrogens with zero attached hydrogens (tertiary/aromatic N) is 3. The van der Waals surface area contributed by atoms with Crippen LogP contribution >= 0.6 is 0 Å². The molecule has 1 heterocycles. The van der Waals surface area contributed by atoms with Gasteiger partial charge in [-0.1, -0.05) is 24.3 Å². The van der Waals surface area contributed by atoms with Crippen molar-refractivity contribution in [2.75, 3.05) is 6.54 Å². The van der Waals surface area contributed by atoms with Gasteiger partial charge in [-0.05, 0) is 17.7 Å². The molecular formula is C14H15FN4O3. The normalized spacial score (nSPS) is 11.9. The van der Waals surface area contributed by atoms with Gasteiger partial charge in [0.2, 0.25) is 0 Å². The summed E-state index contributed by atoms with van der Waals surface area (Å²) in [5.74, 6) is -2.53. The van der Waals surface area contributed by atoms with E-state index < -0.39 is 17.8 Å². The topological polar surface area (TPSA) is 97.1 Å². The van der Waals surface area contributed by atoms with Crippen molar-refractivity contribution in [3.8, 4) is 0 Å². The van der Waals surface area contributed by atoms with E-state index in [0.717, 1.165) is 0 Å². The van der Waals surface area contributed by atoms with E-state index in [-0.39, 0.29) is 24.6 Å². The number of carbonyl (C=O) groups is 2. The molecule has 2 aromatic rings. The second-order valence-electron chi connectivity index (χ2n) is 4.88.